The van der Waals surface area contributed by atoms with Gasteiger partial charge >= 0.3 is 0 Å². The summed E-state index contributed by atoms with van der Waals surface area (Å²) < 4.78 is 5.23. The zero-order valence-corrected chi connectivity index (χ0v) is 13.6. The third-order valence-corrected chi connectivity index (χ3v) is 4.83. The molecule has 0 atom stereocenters. The van der Waals surface area contributed by atoms with Gasteiger partial charge in [0.15, 0.2) is 0 Å². The third-order valence-electron chi connectivity index (χ3n) is 3.98. The fraction of sp³-hybridized carbons (Fsp3) is 0.412. The number of aromatic nitrogens is 1. The Labute approximate surface area is 139 Å². The monoisotopic (exact) mass is 332 g/mol. The number of hydrogen-bond acceptors (Lipinski definition) is 5. The van der Waals surface area contributed by atoms with Crippen molar-refractivity contribution in [1.29, 1.82) is 0 Å². The van der Waals surface area contributed by atoms with Crippen LogP contribution in [0.1, 0.15) is 33.9 Å². The second-order valence-electron chi connectivity index (χ2n) is 5.81. The molecule has 0 unspecified atom stereocenters. The van der Waals surface area contributed by atoms with E-state index in [0.29, 0.717) is 31.7 Å². The maximum Gasteiger partial charge on any atom is 0.270 e. The molecule has 3 rings (SSSR count). The molecule has 2 aromatic rings. The van der Waals surface area contributed by atoms with E-state index in [-0.39, 0.29) is 12.5 Å². The van der Waals surface area contributed by atoms with Crippen molar-refractivity contribution < 1.29 is 14.6 Å². The van der Waals surface area contributed by atoms with Crippen LogP contribution >= 0.6 is 11.3 Å². The first-order valence-electron chi connectivity index (χ1n) is 7.71. The number of rotatable bonds is 5. The lowest BCUT2D eigenvalue weighted by molar-refractivity contribution is -0.0605. The molecule has 1 amide bonds. The van der Waals surface area contributed by atoms with E-state index in [1.54, 1.807) is 5.38 Å². The molecule has 6 heteroatoms. The molecule has 23 heavy (non-hydrogen) atoms. The number of carbonyl (C=O) groups excluding carboxylic acids is 1. The van der Waals surface area contributed by atoms with Crippen molar-refractivity contribution in [3.8, 4) is 0 Å². The van der Waals surface area contributed by atoms with Crippen LogP contribution < -0.4 is 5.32 Å². The van der Waals surface area contributed by atoms with Gasteiger partial charge in [-0.2, -0.15) is 0 Å². The van der Waals surface area contributed by atoms with E-state index in [0.717, 1.165) is 11.4 Å². The van der Waals surface area contributed by atoms with Crippen molar-refractivity contribution in [1.82, 2.24) is 10.3 Å². The van der Waals surface area contributed by atoms with Crippen LogP contribution in [0.25, 0.3) is 0 Å². The number of hydrogen-bond donors (Lipinski definition) is 2. The van der Waals surface area contributed by atoms with Crippen LogP contribution in [0, 0.1) is 0 Å². The smallest absolute Gasteiger partial charge is 0.270 e. The number of benzene rings is 1. The molecule has 1 saturated heterocycles. The predicted molar refractivity (Wildman–Crippen MR) is 88.7 cm³/mol. The van der Waals surface area contributed by atoms with Crippen molar-refractivity contribution in [3.05, 3.63) is 52.0 Å². The molecule has 122 valence electrons. The average molecular weight is 332 g/mol. The second kappa shape index (κ2) is 7.21. The first kappa shape index (κ1) is 16.1. The van der Waals surface area contributed by atoms with Gasteiger partial charge in [0.05, 0.1) is 10.6 Å². The molecular weight excluding hydrogens is 312 g/mol. The van der Waals surface area contributed by atoms with Gasteiger partial charge in [-0.15, -0.1) is 11.3 Å². The van der Waals surface area contributed by atoms with Crippen LogP contribution in [-0.4, -0.2) is 41.4 Å². The molecule has 2 heterocycles. The van der Waals surface area contributed by atoms with Crippen molar-refractivity contribution in [3.63, 3.8) is 0 Å². The quantitative estimate of drug-likeness (QED) is 0.878. The van der Waals surface area contributed by atoms with Crippen molar-refractivity contribution in [2.24, 2.45) is 0 Å². The lowest BCUT2D eigenvalue weighted by Crippen LogP contribution is -2.46. The van der Waals surface area contributed by atoms with Crippen molar-refractivity contribution in [2.75, 3.05) is 19.8 Å². The molecular formula is C17H20N2O3S. The highest BCUT2D eigenvalue weighted by Crippen LogP contribution is 2.20. The molecule has 0 aliphatic carbocycles. The number of thiazole rings is 1. The van der Waals surface area contributed by atoms with Crippen LogP contribution in [-0.2, 0) is 11.2 Å². The lowest BCUT2D eigenvalue weighted by atomic mass is 9.94. The Hall–Kier alpha value is -1.76. The zero-order chi connectivity index (χ0) is 16.1. The molecule has 0 saturated carbocycles. The SMILES string of the molecule is O=C(NCC1(O)CCOCC1)c1csc(Cc2ccccc2)n1. The van der Waals surface area contributed by atoms with Gasteiger partial charge in [-0.25, -0.2) is 4.98 Å². The van der Waals surface area contributed by atoms with E-state index in [2.05, 4.69) is 10.3 Å². The minimum absolute atomic E-state index is 0.236. The van der Waals surface area contributed by atoms with Crippen LogP contribution in [0.15, 0.2) is 35.7 Å². The summed E-state index contributed by atoms with van der Waals surface area (Å²) in [7, 11) is 0. The molecule has 1 aliphatic heterocycles. The highest BCUT2D eigenvalue weighted by Gasteiger charge is 2.30. The maximum atomic E-state index is 12.2. The number of nitrogens with one attached hydrogen (secondary N) is 1. The Morgan fingerprint density at radius 3 is 2.78 bits per heavy atom. The predicted octanol–water partition coefficient (Wildman–Crippen LogP) is 2.01. The van der Waals surface area contributed by atoms with Gasteiger partial charge in [-0.3, -0.25) is 4.79 Å². The summed E-state index contributed by atoms with van der Waals surface area (Å²) in [5.74, 6) is -0.236. The van der Waals surface area contributed by atoms with Crippen molar-refractivity contribution >= 4 is 17.2 Å². The van der Waals surface area contributed by atoms with Crippen LogP contribution in [0.2, 0.25) is 0 Å². The Balaban J connectivity index is 1.56. The van der Waals surface area contributed by atoms with E-state index in [9.17, 15) is 9.90 Å². The molecule has 0 spiro atoms. The summed E-state index contributed by atoms with van der Waals surface area (Å²) in [4.78, 5) is 16.6. The van der Waals surface area contributed by atoms with Gasteiger partial charge < -0.3 is 15.2 Å². The van der Waals surface area contributed by atoms with Gasteiger partial charge in [-0.05, 0) is 5.56 Å². The van der Waals surface area contributed by atoms with Crippen LogP contribution in [0.5, 0.6) is 0 Å². The maximum absolute atomic E-state index is 12.2. The van der Waals surface area contributed by atoms with Crippen LogP contribution in [0.4, 0.5) is 0 Å². The summed E-state index contributed by atoms with van der Waals surface area (Å²) in [6.45, 7) is 1.30. The molecule has 0 bridgehead atoms. The third kappa shape index (κ3) is 4.37. The Morgan fingerprint density at radius 2 is 2.04 bits per heavy atom. The fourth-order valence-corrected chi connectivity index (χ4v) is 3.34. The molecule has 1 fully saturated rings. The summed E-state index contributed by atoms with van der Waals surface area (Å²) in [6.07, 6.45) is 1.81. The van der Waals surface area contributed by atoms with Gasteiger partial charge in [0.1, 0.15) is 5.69 Å². The first-order chi connectivity index (χ1) is 11.1. The normalized spacial score (nSPS) is 16.9. The molecule has 5 nitrogen and oxygen atoms in total. The number of nitrogens with zero attached hydrogens (tertiary/aromatic N) is 1. The number of carbonyl (C=O) groups is 1. The lowest BCUT2D eigenvalue weighted by Gasteiger charge is -2.31. The number of aliphatic hydroxyl groups is 1. The average Bonchev–Trinajstić information content (AvgIpc) is 3.03. The van der Waals surface area contributed by atoms with E-state index in [1.165, 1.54) is 16.9 Å². The number of amides is 1. The van der Waals surface area contributed by atoms with Crippen molar-refractivity contribution in [2.45, 2.75) is 24.9 Å². The van der Waals surface area contributed by atoms with Gasteiger partial charge in [0, 0.05) is 44.4 Å². The minimum Gasteiger partial charge on any atom is -0.388 e. The Morgan fingerprint density at radius 1 is 1.30 bits per heavy atom. The highest BCUT2D eigenvalue weighted by atomic mass is 32.1. The van der Waals surface area contributed by atoms with Gasteiger partial charge in [-0.1, -0.05) is 30.3 Å². The standard InChI is InChI=1S/C17H20N2O3S/c20-16(18-12-17(21)6-8-22-9-7-17)14-11-23-15(19-14)10-13-4-2-1-3-5-13/h1-5,11,21H,6-10,12H2,(H,18,20). The van der Waals surface area contributed by atoms with E-state index < -0.39 is 5.60 Å². The summed E-state index contributed by atoms with van der Waals surface area (Å²) >= 11 is 1.48. The molecule has 1 aliphatic rings. The molecule has 1 aromatic carbocycles. The topological polar surface area (TPSA) is 71.5 Å². The van der Waals surface area contributed by atoms with E-state index >= 15 is 0 Å². The fourth-order valence-electron chi connectivity index (χ4n) is 2.53. The Bertz CT molecular complexity index is 651. The molecule has 0 radical (unpaired) electrons. The molecule has 2 N–H and O–H groups in total. The molecule has 1 aromatic heterocycles. The summed E-state index contributed by atoms with van der Waals surface area (Å²) in [5, 5.41) is 15.8. The summed E-state index contributed by atoms with van der Waals surface area (Å²) in [6, 6.07) is 10.0. The van der Waals surface area contributed by atoms with E-state index in [1.807, 2.05) is 30.3 Å². The van der Waals surface area contributed by atoms with Crippen LogP contribution in [0.3, 0.4) is 0 Å². The second-order valence-corrected chi connectivity index (χ2v) is 6.75. The zero-order valence-electron chi connectivity index (χ0n) is 12.8. The van der Waals surface area contributed by atoms with Gasteiger partial charge in [0.2, 0.25) is 0 Å². The number of ether oxygens (including phenoxy) is 1. The minimum atomic E-state index is -0.864. The van der Waals surface area contributed by atoms with Gasteiger partial charge in [0.25, 0.3) is 5.91 Å². The van der Waals surface area contributed by atoms with E-state index in [4.69, 9.17) is 4.74 Å². The highest BCUT2D eigenvalue weighted by molar-refractivity contribution is 7.09. The first-order valence-corrected chi connectivity index (χ1v) is 8.59. The Kier molecular flexibility index (Phi) is 5.05. The summed E-state index contributed by atoms with van der Waals surface area (Å²) in [5.41, 5.74) is 0.721. The largest absolute Gasteiger partial charge is 0.388 e.